The predicted molar refractivity (Wildman–Crippen MR) is 48.6 cm³/mol. The monoisotopic (exact) mass is 198 g/mol. The number of esters is 1. The van der Waals surface area contributed by atoms with Crippen molar-refractivity contribution in [2.45, 2.75) is 44.7 Å². The highest BCUT2D eigenvalue weighted by atomic mass is 16.7. The molecule has 2 aliphatic rings. The first-order chi connectivity index (χ1) is 6.54. The summed E-state index contributed by atoms with van der Waals surface area (Å²) in [5.74, 6) is -0.441. The van der Waals surface area contributed by atoms with Crippen LogP contribution in [0.15, 0.2) is 11.6 Å². The number of aliphatic hydroxyl groups excluding tert-OH is 1. The van der Waals surface area contributed by atoms with E-state index < -0.39 is 17.7 Å². The summed E-state index contributed by atoms with van der Waals surface area (Å²) in [5.41, 5.74) is -0.366. The molecule has 2 heterocycles. The molecule has 0 aliphatic carbocycles. The van der Waals surface area contributed by atoms with Crippen molar-refractivity contribution in [1.29, 1.82) is 0 Å². The van der Waals surface area contributed by atoms with E-state index in [0.717, 1.165) is 5.57 Å². The number of cyclic esters (lactones) is 1. The van der Waals surface area contributed by atoms with E-state index >= 15 is 0 Å². The van der Waals surface area contributed by atoms with Crippen LogP contribution in [0, 0.1) is 0 Å². The van der Waals surface area contributed by atoms with E-state index in [2.05, 4.69) is 0 Å². The lowest BCUT2D eigenvalue weighted by atomic mass is 9.93. The van der Waals surface area contributed by atoms with Gasteiger partial charge in [0.05, 0.1) is 0 Å². The van der Waals surface area contributed by atoms with Crippen LogP contribution in [0.2, 0.25) is 0 Å². The van der Waals surface area contributed by atoms with Crippen molar-refractivity contribution in [3.8, 4) is 0 Å². The third kappa shape index (κ3) is 0.980. The van der Waals surface area contributed by atoms with E-state index in [1.807, 2.05) is 6.92 Å². The summed E-state index contributed by atoms with van der Waals surface area (Å²) >= 11 is 0. The molecule has 2 rings (SSSR count). The number of allylic oxidation sites excluding steroid dienone is 1. The Labute approximate surface area is 82.5 Å². The first-order valence-corrected chi connectivity index (χ1v) is 4.73. The topological polar surface area (TPSA) is 59.1 Å². The third-order valence-electron chi connectivity index (χ3n) is 3.02. The van der Waals surface area contributed by atoms with Gasteiger partial charge in [-0.2, -0.15) is 0 Å². The molecular formula is C10H14O4. The smallest absolute Gasteiger partial charge is 0.344 e. The van der Waals surface area contributed by atoms with Crippen LogP contribution in [0.1, 0.15) is 20.8 Å². The molecule has 0 aromatic carbocycles. The van der Waals surface area contributed by atoms with Crippen molar-refractivity contribution in [3.05, 3.63) is 11.6 Å². The van der Waals surface area contributed by atoms with E-state index in [9.17, 15) is 9.90 Å². The van der Waals surface area contributed by atoms with Gasteiger partial charge in [-0.05, 0) is 26.3 Å². The Balaban J connectivity index is 2.24. The van der Waals surface area contributed by atoms with Gasteiger partial charge in [0.25, 0.3) is 0 Å². The minimum Gasteiger partial charge on any atom is -0.457 e. The van der Waals surface area contributed by atoms with Gasteiger partial charge in [0, 0.05) is 0 Å². The minimum atomic E-state index is -1.10. The minimum absolute atomic E-state index is 0.248. The summed E-state index contributed by atoms with van der Waals surface area (Å²) in [4.78, 5) is 11.5. The van der Waals surface area contributed by atoms with Gasteiger partial charge in [-0.1, -0.05) is 6.08 Å². The molecule has 1 unspecified atom stereocenters. The summed E-state index contributed by atoms with van der Waals surface area (Å²) in [6.45, 7) is 5.36. The average molecular weight is 198 g/mol. The second-order valence-corrected chi connectivity index (χ2v) is 3.88. The van der Waals surface area contributed by atoms with Crippen molar-refractivity contribution in [1.82, 2.24) is 0 Å². The highest BCUT2D eigenvalue weighted by molar-refractivity contribution is 5.88. The Morgan fingerprint density at radius 2 is 2.36 bits per heavy atom. The van der Waals surface area contributed by atoms with Gasteiger partial charge < -0.3 is 14.6 Å². The van der Waals surface area contributed by atoms with Gasteiger partial charge in [-0.25, -0.2) is 4.79 Å². The fraction of sp³-hybridized carbons (Fsp3) is 0.700. The number of carbonyl (C=O) groups is 1. The van der Waals surface area contributed by atoms with Crippen LogP contribution < -0.4 is 0 Å². The van der Waals surface area contributed by atoms with Gasteiger partial charge in [-0.3, -0.25) is 0 Å². The number of epoxide rings is 1. The summed E-state index contributed by atoms with van der Waals surface area (Å²) in [5, 5.41) is 9.91. The lowest BCUT2D eigenvalue weighted by Gasteiger charge is -2.15. The SMILES string of the molecule is C/C=C(\C)C(O)[C@]12O[C@H]1[C@H](C)OC2=O. The van der Waals surface area contributed by atoms with Crippen molar-refractivity contribution < 1.29 is 19.4 Å². The number of aliphatic hydroxyl groups is 1. The Hall–Kier alpha value is -0.870. The molecule has 0 aromatic heterocycles. The van der Waals surface area contributed by atoms with Crippen LogP contribution in [0.4, 0.5) is 0 Å². The zero-order valence-corrected chi connectivity index (χ0v) is 8.48. The normalized spacial score (nSPS) is 43.1. The third-order valence-corrected chi connectivity index (χ3v) is 3.02. The average Bonchev–Trinajstić information content (AvgIpc) is 2.86. The van der Waals surface area contributed by atoms with E-state index in [-0.39, 0.29) is 12.2 Å². The van der Waals surface area contributed by atoms with Crippen LogP contribution in [0.5, 0.6) is 0 Å². The summed E-state index contributed by atoms with van der Waals surface area (Å²) < 4.78 is 10.3. The van der Waals surface area contributed by atoms with Crippen LogP contribution in [-0.4, -0.2) is 35.0 Å². The van der Waals surface area contributed by atoms with Gasteiger partial charge in [0.2, 0.25) is 5.60 Å². The van der Waals surface area contributed by atoms with Gasteiger partial charge in [-0.15, -0.1) is 0 Å². The second-order valence-electron chi connectivity index (χ2n) is 3.88. The van der Waals surface area contributed by atoms with E-state index in [1.165, 1.54) is 0 Å². The number of rotatable bonds is 2. The lowest BCUT2D eigenvalue weighted by Crippen LogP contribution is -2.38. The molecule has 2 aliphatic heterocycles. The Morgan fingerprint density at radius 1 is 1.71 bits per heavy atom. The van der Waals surface area contributed by atoms with Crippen LogP contribution in [0.25, 0.3) is 0 Å². The molecule has 14 heavy (non-hydrogen) atoms. The predicted octanol–water partition coefficient (Wildman–Crippen LogP) is 0.396. The van der Waals surface area contributed by atoms with Gasteiger partial charge >= 0.3 is 5.97 Å². The number of carbonyl (C=O) groups excluding carboxylic acids is 1. The number of hydrogen-bond donors (Lipinski definition) is 1. The molecule has 1 N–H and O–H groups in total. The number of hydrogen-bond acceptors (Lipinski definition) is 4. The first kappa shape index (κ1) is 9.68. The highest BCUT2D eigenvalue weighted by Gasteiger charge is 2.75. The lowest BCUT2D eigenvalue weighted by molar-refractivity contribution is -0.156. The first-order valence-electron chi connectivity index (χ1n) is 4.73. The van der Waals surface area contributed by atoms with E-state index in [0.29, 0.717) is 0 Å². The second kappa shape index (κ2) is 2.81. The molecule has 2 saturated heterocycles. The molecule has 0 radical (unpaired) electrons. The van der Waals surface area contributed by atoms with Crippen molar-refractivity contribution >= 4 is 5.97 Å². The van der Waals surface area contributed by atoms with Gasteiger partial charge in [0.15, 0.2) is 0 Å². The van der Waals surface area contributed by atoms with Gasteiger partial charge in [0.1, 0.15) is 18.3 Å². The van der Waals surface area contributed by atoms with Crippen LogP contribution in [-0.2, 0) is 14.3 Å². The molecule has 0 spiro atoms. The molecule has 0 saturated carbocycles. The maximum Gasteiger partial charge on any atom is 0.344 e. The van der Waals surface area contributed by atoms with Crippen LogP contribution in [0.3, 0.4) is 0 Å². The van der Waals surface area contributed by atoms with Crippen molar-refractivity contribution in [2.24, 2.45) is 0 Å². The molecule has 2 fully saturated rings. The van der Waals surface area contributed by atoms with Crippen molar-refractivity contribution in [2.75, 3.05) is 0 Å². The van der Waals surface area contributed by atoms with E-state index in [4.69, 9.17) is 9.47 Å². The molecule has 0 aromatic rings. The Kier molecular flexibility index (Phi) is 1.94. The molecule has 4 nitrogen and oxygen atoms in total. The zero-order valence-electron chi connectivity index (χ0n) is 8.48. The Morgan fingerprint density at radius 3 is 2.71 bits per heavy atom. The fourth-order valence-electron chi connectivity index (χ4n) is 1.94. The fourth-order valence-corrected chi connectivity index (χ4v) is 1.94. The summed E-state index contributed by atoms with van der Waals surface area (Å²) in [7, 11) is 0. The molecule has 4 atom stereocenters. The molecular weight excluding hydrogens is 184 g/mol. The summed E-state index contributed by atoms with van der Waals surface area (Å²) in [6.07, 6.45) is 0.366. The highest BCUT2D eigenvalue weighted by Crippen LogP contribution is 2.50. The Bertz CT molecular complexity index is 309. The number of ether oxygens (including phenoxy) is 2. The van der Waals surface area contributed by atoms with E-state index in [1.54, 1.807) is 19.9 Å². The van der Waals surface area contributed by atoms with Crippen LogP contribution >= 0.6 is 0 Å². The molecule has 0 amide bonds. The number of fused-ring (bicyclic) bond motifs is 1. The zero-order chi connectivity index (χ0) is 10.5. The van der Waals surface area contributed by atoms with Crippen molar-refractivity contribution in [3.63, 3.8) is 0 Å². The molecule has 4 heteroatoms. The summed E-state index contributed by atoms with van der Waals surface area (Å²) in [6, 6.07) is 0. The maximum atomic E-state index is 11.5. The quantitative estimate of drug-likeness (QED) is 0.396. The molecule has 78 valence electrons. The standard InChI is InChI=1S/C10H14O4/c1-4-5(2)7(11)10-8(14-10)6(3)13-9(10)12/h4,6-8,11H,1-3H3/b5-4+/t6-,7?,8-,10-/m0/s1. The molecule has 0 bridgehead atoms. The largest absolute Gasteiger partial charge is 0.457 e. The maximum absolute atomic E-state index is 11.5.